The molecule has 0 N–H and O–H groups in total. The third kappa shape index (κ3) is 6.05. The summed E-state index contributed by atoms with van der Waals surface area (Å²) in [5.74, 6) is 1.70. The molecular formula is C58H51NO2Si2. The van der Waals surface area contributed by atoms with Gasteiger partial charge >= 0.3 is 0 Å². The minimum Gasteiger partial charge on any atom is -0.497 e. The number of nitrogens with zero attached hydrogens (tertiary/aromatic N) is 1. The third-order valence-electron chi connectivity index (χ3n) is 13.4. The Morgan fingerprint density at radius 3 is 1.29 bits per heavy atom. The molecule has 0 aliphatic rings. The average molecular weight is 850 g/mol. The molecule has 0 spiro atoms. The van der Waals surface area contributed by atoms with Gasteiger partial charge in [-0.2, -0.15) is 0 Å². The van der Waals surface area contributed by atoms with E-state index in [1.165, 1.54) is 97.3 Å². The minimum atomic E-state index is -1.70. The third-order valence-corrected chi connectivity index (χ3v) is 17.6. The lowest BCUT2D eigenvalue weighted by Crippen LogP contribution is -2.37. The number of fused-ring (bicyclic) bond motifs is 6. The molecule has 0 radical (unpaired) electrons. The molecule has 308 valence electrons. The minimum absolute atomic E-state index is 0.848. The topological polar surface area (TPSA) is 21.7 Å². The van der Waals surface area contributed by atoms with Crippen LogP contribution in [0.3, 0.4) is 0 Å². The van der Waals surface area contributed by atoms with Crippen LogP contribution in [0.15, 0.2) is 164 Å². The molecule has 0 fully saturated rings. The maximum absolute atomic E-state index is 5.75. The molecule has 0 saturated carbocycles. The van der Waals surface area contributed by atoms with Gasteiger partial charge in [0.2, 0.25) is 0 Å². The summed E-state index contributed by atoms with van der Waals surface area (Å²) in [6, 6.07) is 61.3. The van der Waals surface area contributed by atoms with Crippen LogP contribution in [-0.4, -0.2) is 30.4 Å². The van der Waals surface area contributed by atoms with Gasteiger partial charge in [-0.1, -0.05) is 159 Å². The molecule has 0 bridgehead atoms. The molecule has 0 unspecified atom stereocenters. The van der Waals surface area contributed by atoms with Gasteiger partial charge in [0.1, 0.15) is 11.5 Å². The van der Waals surface area contributed by atoms with Crippen molar-refractivity contribution in [2.75, 3.05) is 19.1 Å². The average Bonchev–Trinajstić information content (AvgIpc) is 3.81. The Morgan fingerprint density at radius 1 is 0.349 bits per heavy atom. The van der Waals surface area contributed by atoms with Gasteiger partial charge in [0.15, 0.2) is 0 Å². The number of methoxy groups -OCH3 is 2. The molecule has 0 heterocycles. The first kappa shape index (κ1) is 39.2. The predicted molar refractivity (Wildman–Crippen MR) is 278 cm³/mol. The van der Waals surface area contributed by atoms with Crippen LogP contribution in [0.2, 0.25) is 39.3 Å². The van der Waals surface area contributed by atoms with Gasteiger partial charge in [0, 0.05) is 16.8 Å². The Bertz CT molecular complexity index is 3410. The number of hydrogen-bond donors (Lipinski definition) is 0. The zero-order valence-electron chi connectivity index (χ0n) is 37.4. The summed E-state index contributed by atoms with van der Waals surface area (Å²) >= 11 is 0. The van der Waals surface area contributed by atoms with Crippen molar-refractivity contribution >= 4 is 108 Å². The molecule has 5 heteroatoms. The van der Waals surface area contributed by atoms with Gasteiger partial charge in [0.25, 0.3) is 0 Å². The van der Waals surface area contributed by atoms with Crippen LogP contribution in [0, 0.1) is 0 Å². The van der Waals surface area contributed by atoms with Gasteiger partial charge in [-0.05, 0) is 136 Å². The van der Waals surface area contributed by atoms with E-state index in [1.807, 2.05) is 0 Å². The van der Waals surface area contributed by atoms with E-state index in [9.17, 15) is 0 Å². The molecule has 0 aliphatic carbocycles. The van der Waals surface area contributed by atoms with Gasteiger partial charge in [0.05, 0.1) is 36.1 Å². The second-order valence-corrected chi connectivity index (χ2v) is 29.3. The largest absolute Gasteiger partial charge is 0.497 e. The van der Waals surface area contributed by atoms with E-state index in [-0.39, 0.29) is 0 Å². The zero-order valence-corrected chi connectivity index (χ0v) is 39.4. The van der Waals surface area contributed by atoms with Crippen molar-refractivity contribution in [3.05, 3.63) is 164 Å². The van der Waals surface area contributed by atoms with Crippen molar-refractivity contribution in [1.82, 2.24) is 0 Å². The van der Waals surface area contributed by atoms with E-state index in [0.29, 0.717) is 0 Å². The summed E-state index contributed by atoms with van der Waals surface area (Å²) in [7, 11) is 0.293. The van der Waals surface area contributed by atoms with Crippen molar-refractivity contribution in [2.45, 2.75) is 39.3 Å². The number of rotatable bonds is 9. The number of benzene rings is 9. The number of anilines is 3. The Labute approximate surface area is 371 Å². The molecular weight excluding hydrogens is 799 g/mol. The summed E-state index contributed by atoms with van der Waals surface area (Å²) < 4.78 is 11.5. The van der Waals surface area contributed by atoms with Crippen LogP contribution in [0.1, 0.15) is 0 Å². The lowest BCUT2D eigenvalue weighted by Gasteiger charge is -2.28. The van der Waals surface area contributed by atoms with Crippen molar-refractivity contribution in [3.8, 4) is 33.8 Å². The van der Waals surface area contributed by atoms with Crippen molar-refractivity contribution in [1.29, 1.82) is 0 Å². The quantitative estimate of drug-likeness (QED) is 0.135. The second kappa shape index (κ2) is 14.4. The van der Waals surface area contributed by atoms with Gasteiger partial charge in [-0.3, -0.25) is 0 Å². The molecule has 0 amide bonds. The first-order valence-electron chi connectivity index (χ1n) is 22.1. The van der Waals surface area contributed by atoms with E-state index >= 15 is 0 Å². The fourth-order valence-electron chi connectivity index (χ4n) is 10.5. The van der Waals surface area contributed by atoms with Crippen molar-refractivity contribution in [3.63, 3.8) is 0 Å². The number of para-hydroxylation sites is 1. The molecule has 3 nitrogen and oxygen atoms in total. The normalized spacial score (nSPS) is 12.4. The molecule has 11 aromatic carbocycles. The first-order chi connectivity index (χ1) is 30.5. The molecule has 0 atom stereocenters. The van der Waals surface area contributed by atoms with E-state index < -0.39 is 16.1 Å². The first-order valence-corrected chi connectivity index (χ1v) is 29.1. The Morgan fingerprint density at radius 2 is 0.794 bits per heavy atom. The fourth-order valence-corrected chi connectivity index (χ4v) is 13.3. The van der Waals surface area contributed by atoms with E-state index in [4.69, 9.17) is 9.47 Å². The SMILES string of the molecule is COc1ccc(-c2c3c4ccc(N(c5ccccc5)c5ccc([Si](C)(C)C)cc5)c5cccc(c3c(-c3ccc(OC)cc3)c3c6ccc([Si](C)(C)C)c7cccc(c23)c76)c54)cc1. The van der Waals surface area contributed by atoms with Crippen LogP contribution >= 0.6 is 0 Å². The summed E-state index contributed by atoms with van der Waals surface area (Å²) in [6.07, 6.45) is 0. The van der Waals surface area contributed by atoms with Crippen molar-refractivity contribution < 1.29 is 9.47 Å². The number of ether oxygens (including phenoxy) is 2. The second-order valence-electron chi connectivity index (χ2n) is 19.2. The van der Waals surface area contributed by atoms with Crippen LogP contribution in [0.25, 0.3) is 86.9 Å². The highest BCUT2D eigenvalue weighted by atomic mass is 28.3. The monoisotopic (exact) mass is 849 g/mol. The predicted octanol–water partition coefficient (Wildman–Crippen LogP) is 15.4. The van der Waals surface area contributed by atoms with Crippen LogP contribution in [0.4, 0.5) is 17.1 Å². The summed E-state index contributed by atoms with van der Waals surface area (Å²) in [4.78, 5) is 2.45. The molecule has 63 heavy (non-hydrogen) atoms. The van der Waals surface area contributed by atoms with Crippen LogP contribution in [0.5, 0.6) is 11.5 Å². The standard InChI is InChI=1S/C58H51NO2Si2/c1-60-40-26-20-36(21-27-40)51-55-45-18-12-16-43-49(59(38-14-10-9-11-15-38)39-24-30-42(31-25-39)62(3,4)5)34-32-47(53(43)45)57(55)52(37-22-28-41(61-2)29-23-37)56-46-19-13-17-44-50(63(6,7)8)35-33-48(54(44)46)58(51)56/h9-35H,1-8H3. The molecule has 11 aromatic rings. The maximum atomic E-state index is 5.75. The summed E-state index contributed by atoms with van der Waals surface area (Å²) in [5.41, 5.74) is 8.34. The van der Waals surface area contributed by atoms with Gasteiger partial charge in [-0.25, -0.2) is 0 Å². The summed E-state index contributed by atoms with van der Waals surface area (Å²) in [5, 5.41) is 18.5. The number of hydrogen-bond acceptors (Lipinski definition) is 3. The highest BCUT2D eigenvalue weighted by Crippen LogP contribution is 2.56. The lowest BCUT2D eigenvalue weighted by atomic mass is 9.87. The molecule has 0 aromatic heterocycles. The van der Waals surface area contributed by atoms with Gasteiger partial charge < -0.3 is 14.4 Å². The van der Waals surface area contributed by atoms with Gasteiger partial charge in [-0.15, -0.1) is 0 Å². The van der Waals surface area contributed by atoms with E-state index in [0.717, 1.165) is 28.6 Å². The zero-order chi connectivity index (χ0) is 43.4. The highest BCUT2D eigenvalue weighted by molar-refractivity contribution is 6.90. The maximum Gasteiger partial charge on any atom is 0.118 e. The lowest BCUT2D eigenvalue weighted by molar-refractivity contribution is 0.415. The molecule has 11 rings (SSSR count). The van der Waals surface area contributed by atoms with Crippen LogP contribution < -0.4 is 24.7 Å². The molecule has 0 saturated heterocycles. The Balaban J connectivity index is 1.34. The smallest absolute Gasteiger partial charge is 0.118 e. The van der Waals surface area contributed by atoms with E-state index in [1.54, 1.807) is 14.2 Å². The van der Waals surface area contributed by atoms with E-state index in [2.05, 4.69) is 208 Å². The highest BCUT2D eigenvalue weighted by Gasteiger charge is 2.30. The van der Waals surface area contributed by atoms with Crippen molar-refractivity contribution in [2.24, 2.45) is 0 Å². The van der Waals surface area contributed by atoms with Crippen LogP contribution in [-0.2, 0) is 0 Å². The fraction of sp³-hybridized carbons (Fsp3) is 0.138. The molecule has 0 aliphatic heterocycles. The summed E-state index contributed by atoms with van der Waals surface area (Å²) in [6.45, 7) is 14.6. The Kier molecular flexibility index (Phi) is 8.99. The Hall–Kier alpha value is -6.67.